The van der Waals surface area contributed by atoms with Crippen LogP contribution < -0.4 is 5.32 Å². The van der Waals surface area contributed by atoms with Crippen LogP contribution in [0, 0.1) is 0 Å². The quantitative estimate of drug-likeness (QED) is 0.904. The average molecular weight is 363 g/mol. The van der Waals surface area contributed by atoms with Gasteiger partial charge in [0.25, 0.3) is 0 Å². The summed E-state index contributed by atoms with van der Waals surface area (Å²) in [6, 6.07) is 3.92. The van der Waals surface area contributed by atoms with Gasteiger partial charge in [0, 0.05) is 17.1 Å². The Bertz CT molecular complexity index is 622. The van der Waals surface area contributed by atoms with Gasteiger partial charge in [0.05, 0.1) is 23.1 Å². The van der Waals surface area contributed by atoms with E-state index >= 15 is 0 Å². The fourth-order valence-electron chi connectivity index (χ4n) is 1.68. The summed E-state index contributed by atoms with van der Waals surface area (Å²) >= 11 is 3.09. The summed E-state index contributed by atoms with van der Waals surface area (Å²) < 4.78 is 40.1. The SMILES string of the molecule is CC(C)NCc1cn(-c2cc(Br)cc(C(F)(F)F)c2)nn1. The number of aromatic nitrogens is 3. The van der Waals surface area contributed by atoms with Crippen molar-refractivity contribution in [2.75, 3.05) is 0 Å². The lowest BCUT2D eigenvalue weighted by molar-refractivity contribution is -0.137. The second-order valence-corrected chi connectivity index (χ2v) is 5.80. The van der Waals surface area contributed by atoms with E-state index in [1.807, 2.05) is 13.8 Å². The van der Waals surface area contributed by atoms with Gasteiger partial charge in [-0.25, -0.2) is 4.68 Å². The van der Waals surface area contributed by atoms with E-state index < -0.39 is 11.7 Å². The third-order valence-electron chi connectivity index (χ3n) is 2.71. The Morgan fingerprint density at radius 1 is 1.29 bits per heavy atom. The van der Waals surface area contributed by atoms with Crippen molar-refractivity contribution in [3.63, 3.8) is 0 Å². The predicted octanol–water partition coefficient (Wildman–Crippen LogP) is 3.55. The summed E-state index contributed by atoms with van der Waals surface area (Å²) in [5, 5.41) is 11.0. The maximum absolute atomic E-state index is 12.8. The Morgan fingerprint density at radius 3 is 2.62 bits per heavy atom. The van der Waals surface area contributed by atoms with Crippen LogP contribution in [-0.2, 0) is 12.7 Å². The number of halogens is 4. The number of alkyl halides is 3. The second kappa shape index (κ2) is 6.15. The summed E-state index contributed by atoms with van der Waals surface area (Å²) in [6.45, 7) is 4.50. The lowest BCUT2D eigenvalue weighted by Crippen LogP contribution is -2.21. The summed E-state index contributed by atoms with van der Waals surface area (Å²) in [6.07, 6.45) is -2.79. The molecule has 0 saturated carbocycles. The van der Waals surface area contributed by atoms with Crippen molar-refractivity contribution < 1.29 is 13.2 Å². The van der Waals surface area contributed by atoms with Crippen molar-refractivity contribution in [2.24, 2.45) is 0 Å². The van der Waals surface area contributed by atoms with Crippen LogP contribution in [0.4, 0.5) is 13.2 Å². The van der Waals surface area contributed by atoms with Gasteiger partial charge in [0.2, 0.25) is 0 Å². The lowest BCUT2D eigenvalue weighted by atomic mass is 10.2. The molecule has 8 heteroatoms. The van der Waals surface area contributed by atoms with E-state index in [-0.39, 0.29) is 6.04 Å². The highest BCUT2D eigenvalue weighted by molar-refractivity contribution is 9.10. The molecule has 0 aliphatic heterocycles. The number of benzene rings is 1. The number of hydrogen-bond donors (Lipinski definition) is 1. The molecule has 0 saturated heterocycles. The van der Waals surface area contributed by atoms with E-state index in [0.29, 0.717) is 22.4 Å². The fraction of sp³-hybridized carbons (Fsp3) is 0.385. The minimum absolute atomic E-state index is 0.290. The van der Waals surface area contributed by atoms with Gasteiger partial charge in [-0.3, -0.25) is 0 Å². The highest BCUT2D eigenvalue weighted by Gasteiger charge is 2.31. The van der Waals surface area contributed by atoms with E-state index in [1.54, 1.807) is 12.3 Å². The van der Waals surface area contributed by atoms with Crippen molar-refractivity contribution in [1.29, 1.82) is 0 Å². The molecule has 1 N–H and O–H groups in total. The smallest absolute Gasteiger partial charge is 0.309 e. The van der Waals surface area contributed by atoms with Crippen LogP contribution in [0.3, 0.4) is 0 Å². The Labute approximate surface area is 128 Å². The molecule has 0 fully saturated rings. The molecule has 0 amide bonds. The summed E-state index contributed by atoms with van der Waals surface area (Å²) in [4.78, 5) is 0. The average Bonchev–Trinajstić information content (AvgIpc) is 2.83. The first-order chi connectivity index (χ1) is 9.75. The van der Waals surface area contributed by atoms with Crippen molar-refractivity contribution in [1.82, 2.24) is 20.3 Å². The molecular formula is C13H14BrF3N4. The first-order valence-corrected chi connectivity index (χ1v) is 7.08. The summed E-state index contributed by atoms with van der Waals surface area (Å²) in [5.74, 6) is 0. The highest BCUT2D eigenvalue weighted by atomic mass is 79.9. The van der Waals surface area contributed by atoms with Crippen molar-refractivity contribution in [2.45, 2.75) is 32.6 Å². The van der Waals surface area contributed by atoms with E-state index in [1.165, 1.54) is 4.68 Å². The molecule has 0 radical (unpaired) electrons. The standard InChI is InChI=1S/C13H14BrF3N4/c1-8(2)18-6-11-7-21(20-19-11)12-4-9(13(15,16)17)3-10(14)5-12/h3-5,7-8,18H,6H2,1-2H3. The second-order valence-electron chi connectivity index (χ2n) is 4.89. The van der Waals surface area contributed by atoms with Gasteiger partial charge in [-0.15, -0.1) is 5.10 Å². The molecule has 1 aromatic heterocycles. The van der Waals surface area contributed by atoms with Crippen molar-refractivity contribution in [3.8, 4) is 5.69 Å². The minimum Gasteiger partial charge on any atom is -0.309 e. The zero-order valence-electron chi connectivity index (χ0n) is 11.4. The van der Waals surface area contributed by atoms with Crippen LogP contribution in [0.25, 0.3) is 5.69 Å². The van der Waals surface area contributed by atoms with E-state index in [0.717, 1.165) is 12.1 Å². The molecule has 2 rings (SSSR count). The van der Waals surface area contributed by atoms with Crippen LogP contribution in [0.2, 0.25) is 0 Å². The van der Waals surface area contributed by atoms with Crippen LogP contribution in [0.15, 0.2) is 28.9 Å². The first-order valence-electron chi connectivity index (χ1n) is 6.28. The van der Waals surface area contributed by atoms with Crippen LogP contribution in [-0.4, -0.2) is 21.0 Å². The van der Waals surface area contributed by atoms with E-state index in [4.69, 9.17) is 0 Å². The van der Waals surface area contributed by atoms with E-state index in [9.17, 15) is 13.2 Å². The van der Waals surface area contributed by atoms with Gasteiger partial charge in [-0.1, -0.05) is 35.0 Å². The number of rotatable bonds is 4. The Morgan fingerprint density at radius 2 is 2.00 bits per heavy atom. The number of nitrogens with zero attached hydrogens (tertiary/aromatic N) is 3. The van der Waals surface area contributed by atoms with Crippen molar-refractivity contribution >= 4 is 15.9 Å². The summed E-state index contributed by atoms with van der Waals surface area (Å²) in [5.41, 5.74) is 0.237. The largest absolute Gasteiger partial charge is 0.416 e. The lowest BCUT2D eigenvalue weighted by Gasteiger charge is -2.09. The monoisotopic (exact) mass is 362 g/mol. The van der Waals surface area contributed by atoms with E-state index in [2.05, 4.69) is 31.6 Å². The Balaban J connectivity index is 2.28. The fourth-order valence-corrected chi connectivity index (χ4v) is 2.17. The Hall–Kier alpha value is -1.41. The van der Waals surface area contributed by atoms with Gasteiger partial charge in [-0.05, 0) is 18.2 Å². The highest BCUT2D eigenvalue weighted by Crippen LogP contribution is 2.32. The van der Waals surface area contributed by atoms with Crippen LogP contribution in [0.1, 0.15) is 25.1 Å². The molecule has 0 bridgehead atoms. The third-order valence-corrected chi connectivity index (χ3v) is 3.16. The molecule has 21 heavy (non-hydrogen) atoms. The molecule has 1 aromatic carbocycles. The van der Waals surface area contributed by atoms with Crippen LogP contribution >= 0.6 is 15.9 Å². The first kappa shape index (κ1) is 16.0. The van der Waals surface area contributed by atoms with Crippen LogP contribution in [0.5, 0.6) is 0 Å². The van der Waals surface area contributed by atoms with Crippen molar-refractivity contribution in [3.05, 3.63) is 40.1 Å². The third kappa shape index (κ3) is 4.28. The van der Waals surface area contributed by atoms with Gasteiger partial charge in [0.15, 0.2) is 0 Å². The van der Waals surface area contributed by atoms with Gasteiger partial charge in [0.1, 0.15) is 0 Å². The van der Waals surface area contributed by atoms with Gasteiger partial charge < -0.3 is 5.32 Å². The molecule has 0 aliphatic rings. The molecule has 4 nitrogen and oxygen atoms in total. The zero-order chi connectivity index (χ0) is 15.6. The minimum atomic E-state index is -4.40. The molecule has 0 aliphatic carbocycles. The molecule has 0 atom stereocenters. The van der Waals surface area contributed by atoms with Gasteiger partial charge >= 0.3 is 6.18 Å². The molecule has 114 valence electrons. The summed E-state index contributed by atoms with van der Waals surface area (Å²) in [7, 11) is 0. The molecule has 0 spiro atoms. The predicted molar refractivity (Wildman–Crippen MR) is 76.0 cm³/mol. The number of nitrogens with one attached hydrogen (secondary N) is 1. The maximum atomic E-state index is 12.8. The Kier molecular flexibility index (Phi) is 4.67. The maximum Gasteiger partial charge on any atom is 0.416 e. The molecule has 2 aromatic rings. The molecule has 0 unspecified atom stereocenters. The normalized spacial score (nSPS) is 12.1. The van der Waals surface area contributed by atoms with Gasteiger partial charge in [-0.2, -0.15) is 13.2 Å². The molecular weight excluding hydrogens is 349 g/mol. The zero-order valence-corrected chi connectivity index (χ0v) is 13.0. The molecule has 1 heterocycles. The topological polar surface area (TPSA) is 42.7 Å². The number of hydrogen-bond acceptors (Lipinski definition) is 3.